The summed E-state index contributed by atoms with van der Waals surface area (Å²) in [5.41, 5.74) is 2.14. The van der Waals surface area contributed by atoms with Gasteiger partial charge in [-0.05, 0) is 62.7 Å². The van der Waals surface area contributed by atoms with Gasteiger partial charge in [-0.2, -0.15) is 0 Å². The van der Waals surface area contributed by atoms with Crippen LogP contribution in [0.25, 0.3) is 0 Å². The number of allylic oxidation sites excluding steroid dienone is 1. The Hall–Kier alpha value is -2.05. The monoisotopic (exact) mass is 774 g/mol. The van der Waals surface area contributed by atoms with Crippen LogP contribution in [0, 0.1) is 29.6 Å². The second-order valence-corrected chi connectivity index (χ2v) is 15.4. The zero-order valence-electron chi connectivity index (χ0n) is 33.7. The van der Waals surface area contributed by atoms with Gasteiger partial charge in [0.1, 0.15) is 49.3 Å². The molecule has 1 rings (SSSR count). The van der Waals surface area contributed by atoms with Crippen molar-refractivity contribution >= 4 is 5.97 Å². The molecular weight excluding hydrogens is 704 g/mol. The van der Waals surface area contributed by atoms with Gasteiger partial charge in [0.2, 0.25) is 0 Å². The minimum atomic E-state index is -1.71. The Morgan fingerprint density at radius 2 is 1.26 bits per heavy atom. The fourth-order valence-corrected chi connectivity index (χ4v) is 6.71. The topological polar surface area (TPSA) is 247 Å². The molecule has 1 heterocycles. The summed E-state index contributed by atoms with van der Waals surface area (Å²) < 4.78 is 17.0. The van der Waals surface area contributed by atoms with E-state index < -0.39 is 105 Å². The molecule has 1 fully saturated rings. The Morgan fingerprint density at radius 3 is 1.78 bits per heavy atom. The van der Waals surface area contributed by atoms with Crippen LogP contribution >= 0.6 is 0 Å². The number of hydrogen-bond acceptors (Lipinski definition) is 14. The predicted molar refractivity (Wildman–Crippen MR) is 202 cm³/mol. The maximum absolute atomic E-state index is 12.5. The molecule has 14 heteroatoms. The Morgan fingerprint density at radius 1 is 0.722 bits per heavy atom. The van der Waals surface area contributed by atoms with E-state index in [4.69, 9.17) is 19.3 Å². The molecule has 0 bridgehead atoms. The smallest absolute Gasteiger partial charge is 0.333 e. The number of carbonyl (C=O) groups is 1. The van der Waals surface area contributed by atoms with Gasteiger partial charge >= 0.3 is 5.97 Å². The highest BCUT2D eigenvalue weighted by Gasteiger charge is 2.45. The maximum atomic E-state index is 12.5. The van der Waals surface area contributed by atoms with Gasteiger partial charge in [-0.1, -0.05) is 72.3 Å². The summed E-state index contributed by atoms with van der Waals surface area (Å²) in [6.45, 7) is 16.7. The quantitative estimate of drug-likeness (QED) is 0.0423. The standard InChI is InChI=1S/C40H70O14/c1-11-20(2)12-21(3)13-26(8)38(54-40-37(50)36(49)35(48)31(18-42)53-40)27(9)15-24(6)32(45)22(4)14-23(5)33(46)25(7)16-28(10)39(51)52-19-30(44)34(47)29(43)17-41/h13-16,20-22,25,27,29-38,40-50H,11-12,17-19H2,1-10H3/b23-14+,24-15+,26-13+,28-16+/t20?,21?,22-,25-,27-,29+,30+,31+,32-,33-,34+,35+,36-,37-,38-,40-/m0/s1. The second-order valence-electron chi connectivity index (χ2n) is 15.4. The molecule has 16 atom stereocenters. The molecule has 0 spiro atoms. The summed E-state index contributed by atoms with van der Waals surface area (Å²) in [5.74, 6) is -1.49. The van der Waals surface area contributed by atoms with Crippen molar-refractivity contribution in [2.45, 2.75) is 149 Å². The number of aliphatic hydroxyl groups excluding tert-OH is 10. The largest absolute Gasteiger partial charge is 0.459 e. The van der Waals surface area contributed by atoms with E-state index in [1.165, 1.54) is 13.0 Å². The zero-order chi connectivity index (χ0) is 41.6. The van der Waals surface area contributed by atoms with Gasteiger partial charge in [0.05, 0.1) is 31.5 Å². The van der Waals surface area contributed by atoms with E-state index in [9.17, 15) is 50.8 Å². The van der Waals surface area contributed by atoms with E-state index in [1.807, 2.05) is 19.9 Å². The predicted octanol–water partition coefficient (Wildman–Crippen LogP) is 1.28. The Kier molecular flexibility index (Phi) is 22.1. The Bertz CT molecular complexity index is 1250. The molecule has 0 aromatic rings. The van der Waals surface area contributed by atoms with Crippen molar-refractivity contribution in [2.75, 3.05) is 19.8 Å². The lowest BCUT2D eigenvalue weighted by Crippen LogP contribution is -2.60. The van der Waals surface area contributed by atoms with Crippen LogP contribution in [-0.2, 0) is 19.0 Å². The number of hydrogen-bond donors (Lipinski definition) is 10. The SMILES string of the molecule is CCC(C)CC(C)/C=C(\C)[C@H](O[C@@H]1O[C@H](CO)[C@@H](O)[C@H](O)[C@@H]1O)[C@@H](C)/C=C(\C)[C@@H](O)[C@@H](C)/C=C(\C)[C@H](O)[C@@H](C)/C=C(\C)C(=O)OC[C@@H](O)[C@H](O)[C@H](O)CO. The maximum Gasteiger partial charge on any atom is 0.333 e. The van der Waals surface area contributed by atoms with Crippen molar-refractivity contribution in [1.82, 2.24) is 0 Å². The van der Waals surface area contributed by atoms with Crippen LogP contribution < -0.4 is 0 Å². The number of aliphatic hydroxyl groups is 10. The van der Waals surface area contributed by atoms with Crippen LogP contribution in [0.1, 0.15) is 82.1 Å². The summed E-state index contributed by atoms with van der Waals surface area (Å²) in [7, 11) is 0. The number of ether oxygens (including phenoxy) is 3. The third-order valence-electron chi connectivity index (χ3n) is 10.3. The fourth-order valence-electron chi connectivity index (χ4n) is 6.71. The van der Waals surface area contributed by atoms with Crippen LogP contribution in [0.2, 0.25) is 0 Å². The van der Waals surface area contributed by atoms with E-state index >= 15 is 0 Å². The summed E-state index contributed by atoms with van der Waals surface area (Å²) >= 11 is 0. The third-order valence-corrected chi connectivity index (χ3v) is 10.3. The molecule has 0 radical (unpaired) electrons. The van der Waals surface area contributed by atoms with Gasteiger partial charge in [-0.3, -0.25) is 0 Å². The van der Waals surface area contributed by atoms with E-state index in [2.05, 4.69) is 26.8 Å². The molecule has 10 N–H and O–H groups in total. The summed E-state index contributed by atoms with van der Waals surface area (Å²) in [6, 6.07) is 0. The van der Waals surface area contributed by atoms with Gasteiger partial charge < -0.3 is 65.3 Å². The first-order valence-corrected chi connectivity index (χ1v) is 19.0. The molecule has 0 saturated carbocycles. The molecule has 0 amide bonds. The highest BCUT2D eigenvalue weighted by molar-refractivity contribution is 5.87. The summed E-state index contributed by atoms with van der Waals surface area (Å²) in [4.78, 5) is 12.5. The van der Waals surface area contributed by atoms with E-state index in [0.717, 1.165) is 18.4 Å². The van der Waals surface area contributed by atoms with Gasteiger partial charge in [-0.25, -0.2) is 4.79 Å². The molecule has 0 aliphatic carbocycles. The summed E-state index contributed by atoms with van der Waals surface area (Å²) in [6.07, 6.45) is -5.61. The van der Waals surface area contributed by atoms with Gasteiger partial charge in [0.25, 0.3) is 0 Å². The van der Waals surface area contributed by atoms with Crippen LogP contribution in [-0.4, -0.2) is 144 Å². The van der Waals surface area contributed by atoms with E-state index in [1.54, 1.807) is 33.8 Å². The average Bonchev–Trinajstić information content (AvgIpc) is 3.13. The highest BCUT2D eigenvalue weighted by Crippen LogP contribution is 2.30. The van der Waals surface area contributed by atoms with Crippen molar-refractivity contribution in [3.8, 4) is 0 Å². The highest BCUT2D eigenvalue weighted by atomic mass is 16.7. The lowest BCUT2D eigenvalue weighted by Gasteiger charge is -2.41. The first-order valence-electron chi connectivity index (χ1n) is 19.0. The first kappa shape index (κ1) is 50.0. The van der Waals surface area contributed by atoms with Gasteiger partial charge in [-0.15, -0.1) is 0 Å². The van der Waals surface area contributed by atoms with Crippen molar-refractivity contribution in [3.63, 3.8) is 0 Å². The molecule has 0 aromatic carbocycles. The number of carbonyl (C=O) groups excluding carboxylic acids is 1. The van der Waals surface area contributed by atoms with Gasteiger partial charge in [0.15, 0.2) is 6.29 Å². The molecule has 314 valence electrons. The second kappa shape index (κ2) is 23.9. The molecule has 54 heavy (non-hydrogen) atoms. The lowest BCUT2D eigenvalue weighted by atomic mass is 9.87. The Labute approximate surface area is 321 Å². The molecule has 14 nitrogen and oxygen atoms in total. The minimum absolute atomic E-state index is 0.138. The lowest BCUT2D eigenvalue weighted by molar-refractivity contribution is -0.310. The van der Waals surface area contributed by atoms with Crippen LogP contribution in [0.5, 0.6) is 0 Å². The van der Waals surface area contributed by atoms with E-state index in [0.29, 0.717) is 17.1 Å². The number of esters is 1. The number of rotatable bonds is 22. The third kappa shape index (κ3) is 15.1. The zero-order valence-corrected chi connectivity index (χ0v) is 33.7. The molecule has 0 aromatic heterocycles. The van der Waals surface area contributed by atoms with Crippen molar-refractivity contribution < 1.29 is 70.1 Å². The molecule has 1 aliphatic heterocycles. The van der Waals surface area contributed by atoms with E-state index in [-0.39, 0.29) is 17.4 Å². The average molecular weight is 775 g/mol. The molecular formula is C40H70O14. The van der Waals surface area contributed by atoms with Crippen molar-refractivity contribution in [2.24, 2.45) is 29.6 Å². The van der Waals surface area contributed by atoms with Crippen LogP contribution in [0.4, 0.5) is 0 Å². The Balaban J connectivity index is 3.18. The molecule has 2 unspecified atom stereocenters. The van der Waals surface area contributed by atoms with Crippen LogP contribution in [0.3, 0.4) is 0 Å². The molecule has 1 aliphatic rings. The molecule has 1 saturated heterocycles. The van der Waals surface area contributed by atoms with Crippen LogP contribution in [0.15, 0.2) is 46.6 Å². The first-order chi connectivity index (χ1) is 25.1. The minimum Gasteiger partial charge on any atom is -0.459 e. The van der Waals surface area contributed by atoms with Crippen molar-refractivity contribution in [1.29, 1.82) is 0 Å². The fraction of sp³-hybridized carbons (Fsp3) is 0.775. The van der Waals surface area contributed by atoms with Crippen molar-refractivity contribution in [3.05, 3.63) is 46.6 Å². The summed E-state index contributed by atoms with van der Waals surface area (Å²) in [5, 5.41) is 102. The normalized spacial score (nSPS) is 28.3. The van der Waals surface area contributed by atoms with Gasteiger partial charge in [0, 0.05) is 23.3 Å².